The average Bonchev–Trinajstić information content (AvgIpc) is 2.38. The lowest BCUT2D eigenvalue weighted by atomic mass is 10.0. The maximum atomic E-state index is 8.96. The van der Waals surface area contributed by atoms with Crippen LogP contribution in [0.2, 0.25) is 5.02 Å². The van der Waals surface area contributed by atoms with Crippen molar-refractivity contribution < 1.29 is 5.11 Å². The molecule has 2 unspecified atom stereocenters. The lowest BCUT2D eigenvalue weighted by molar-refractivity contribution is 0.227. The van der Waals surface area contributed by atoms with Crippen molar-refractivity contribution in [3.8, 4) is 0 Å². The molecular formula is C15H24ClNO. The highest BCUT2D eigenvalue weighted by molar-refractivity contribution is 6.30. The average molecular weight is 270 g/mol. The number of nitrogens with one attached hydrogen (secondary N) is 1. The zero-order valence-corrected chi connectivity index (χ0v) is 12.1. The van der Waals surface area contributed by atoms with Gasteiger partial charge in [0.25, 0.3) is 0 Å². The zero-order chi connectivity index (χ0) is 13.4. The summed E-state index contributed by atoms with van der Waals surface area (Å²) in [5, 5.41) is 13.3. The van der Waals surface area contributed by atoms with Gasteiger partial charge in [-0.05, 0) is 49.4 Å². The molecule has 0 aliphatic heterocycles. The number of rotatable bonds is 8. The Labute approximate surface area is 115 Å². The van der Waals surface area contributed by atoms with Gasteiger partial charge in [0, 0.05) is 17.7 Å². The zero-order valence-electron chi connectivity index (χ0n) is 11.3. The van der Waals surface area contributed by atoms with Crippen LogP contribution in [0.4, 0.5) is 0 Å². The van der Waals surface area contributed by atoms with Crippen LogP contribution >= 0.6 is 11.6 Å². The smallest absolute Gasteiger partial charge is 0.0456 e. The molecule has 0 bridgehead atoms. The summed E-state index contributed by atoms with van der Waals surface area (Å²) in [5.41, 5.74) is 1.25. The number of aliphatic hydroxyl groups is 1. The first-order valence-electron chi connectivity index (χ1n) is 6.77. The van der Waals surface area contributed by atoms with Gasteiger partial charge in [-0.25, -0.2) is 0 Å². The van der Waals surface area contributed by atoms with Crippen LogP contribution in [0.25, 0.3) is 0 Å². The number of hydrogen-bond donors (Lipinski definition) is 2. The van der Waals surface area contributed by atoms with Crippen LogP contribution in [-0.2, 0) is 0 Å². The Bertz CT molecular complexity index is 343. The topological polar surface area (TPSA) is 32.3 Å². The monoisotopic (exact) mass is 269 g/mol. The van der Waals surface area contributed by atoms with E-state index in [1.807, 2.05) is 18.2 Å². The first kappa shape index (κ1) is 15.5. The molecule has 0 aliphatic rings. The van der Waals surface area contributed by atoms with E-state index in [-0.39, 0.29) is 6.61 Å². The molecule has 3 heteroatoms. The highest BCUT2D eigenvalue weighted by Crippen LogP contribution is 2.20. The summed E-state index contributed by atoms with van der Waals surface area (Å²) in [5.74, 6) is 0.401. The van der Waals surface area contributed by atoms with Gasteiger partial charge in [-0.3, -0.25) is 0 Å². The van der Waals surface area contributed by atoms with Crippen LogP contribution in [0.3, 0.4) is 0 Å². The molecular weight excluding hydrogens is 246 g/mol. The van der Waals surface area contributed by atoms with Crippen LogP contribution in [-0.4, -0.2) is 18.3 Å². The molecule has 1 aromatic rings. The van der Waals surface area contributed by atoms with Crippen molar-refractivity contribution in [2.75, 3.05) is 13.2 Å². The summed E-state index contributed by atoms with van der Waals surface area (Å²) in [6, 6.07) is 8.41. The Morgan fingerprint density at radius 1 is 1.39 bits per heavy atom. The van der Waals surface area contributed by atoms with E-state index >= 15 is 0 Å². The predicted octanol–water partition coefficient (Wildman–Crippen LogP) is 3.79. The molecule has 18 heavy (non-hydrogen) atoms. The lowest BCUT2D eigenvalue weighted by Crippen LogP contribution is -2.22. The van der Waals surface area contributed by atoms with E-state index in [1.54, 1.807) is 0 Å². The maximum Gasteiger partial charge on any atom is 0.0456 e. The van der Waals surface area contributed by atoms with Crippen molar-refractivity contribution in [2.24, 2.45) is 5.92 Å². The molecule has 0 aliphatic carbocycles. The molecule has 1 aromatic carbocycles. The van der Waals surface area contributed by atoms with Gasteiger partial charge in [0.1, 0.15) is 0 Å². The Morgan fingerprint density at radius 3 is 2.78 bits per heavy atom. The predicted molar refractivity (Wildman–Crippen MR) is 78.0 cm³/mol. The molecule has 0 heterocycles. The van der Waals surface area contributed by atoms with Crippen molar-refractivity contribution in [3.63, 3.8) is 0 Å². The van der Waals surface area contributed by atoms with E-state index < -0.39 is 0 Å². The molecule has 0 radical (unpaired) electrons. The van der Waals surface area contributed by atoms with E-state index in [9.17, 15) is 0 Å². The summed E-state index contributed by atoms with van der Waals surface area (Å²) in [4.78, 5) is 0. The van der Waals surface area contributed by atoms with E-state index in [0.29, 0.717) is 12.0 Å². The van der Waals surface area contributed by atoms with Gasteiger partial charge in [0.2, 0.25) is 0 Å². The second kappa shape index (κ2) is 8.52. The minimum Gasteiger partial charge on any atom is -0.396 e. The fourth-order valence-corrected chi connectivity index (χ4v) is 2.24. The van der Waals surface area contributed by atoms with Gasteiger partial charge in [0.05, 0.1) is 0 Å². The van der Waals surface area contributed by atoms with E-state index in [0.717, 1.165) is 30.8 Å². The third kappa shape index (κ3) is 5.38. The van der Waals surface area contributed by atoms with Crippen molar-refractivity contribution in [3.05, 3.63) is 34.9 Å². The number of benzene rings is 1. The molecule has 0 fully saturated rings. The quantitative estimate of drug-likeness (QED) is 0.704. The number of aliphatic hydroxyl groups excluding tert-OH is 1. The SMILES string of the molecule is CCC(NCCCC(C)CO)c1cccc(Cl)c1. The van der Waals surface area contributed by atoms with Crippen LogP contribution in [0, 0.1) is 5.92 Å². The van der Waals surface area contributed by atoms with E-state index in [2.05, 4.69) is 25.2 Å². The van der Waals surface area contributed by atoms with Gasteiger partial charge in [-0.1, -0.05) is 37.6 Å². The third-order valence-electron chi connectivity index (χ3n) is 3.24. The largest absolute Gasteiger partial charge is 0.396 e. The summed E-state index contributed by atoms with van der Waals surface area (Å²) in [7, 11) is 0. The molecule has 102 valence electrons. The molecule has 0 spiro atoms. The maximum absolute atomic E-state index is 8.96. The summed E-state index contributed by atoms with van der Waals surface area (Å²) in [6.45, 7) is 5.52. The van der Waals surface area contributed by atoms with Gasteiger partial charge in [-0.2, -0.15) is 0 Å². The Hall–Kier alpha value is -0.570. The molecule has 2 nitrogen and oxygen atoms in total. The Morgan fingerprint density at radius 2 is 2.17 bits per heavy atom. The van der Waals surface area contributed by atoms with Crippen molar-refractivity contribution in [1.82, 2.24) is 5.32 Å². The summed E-state index contributed by atoms with van der Waals surface area (Å²) >= 11 is 6.01. The first-order chi connectivity index (χ1) is 8.67. The molecule has 0 aromatic heterocycles. The minimum absolute atomic E-state index is 0.283. The van der Waals surface area contributed by atoms with Gasteiger partial charge < -0.3 is 10.4 Å². The van der Waals surface area contributed by atoms with Gasteiger partial charge in [-0.15, -0.1) is 0 Å². The molecule has 2 atom stereocenters. The standard InChI is InChI=1S/C15H24ClNO/c1-3-15(13-7-4-8-14(16)10-13)17-9-5-6-12(2)11-18/h4,7-8,10,12,15,17-18H,3,5-6,9,11H2,1-2H3. The fourth-order valence-electron chi connectivity index (χ4n) is 2.04. The molecule has 0 saturated carbocycles. The normalized spacial score (nSPS) is 14.4. The van der Waals surface area contributed by atoms with Crippen molar-refractivity contribution >= 4 is 11.6 Å². The number of hydrogen-bond acceptors (Lipinski definition) is 2. The third-order valence-corrected chi connectivity index (χ3v) is 3.47. The fraction of sp³-hybridized carbons (Fsp3) is 0.600. The lowest BCUT2D eigenvalue weighted by Gasteiger charge is -2.18. The second-order valence-electron chi connectivity index (χ2n) is 4.90. The van der Waals surface area contributed by atoms with Crippen LogP contribution in [0.15, 0.2) is 24.3 Å². The summed E-state index contributed by atoms with van der Waals surface area (Å²) < 4.78 is 0. The van der Waals surface area contributed by atoms with Crippen LogP contribution in [0.1, 0.15) is 44.7 Å². The minimum atomic E-state index is 0.283. The van der Waals surface area contributed by atoms with Gasteiger partial charge >= 0.3 is 0 Å². The highest BCUT2D eigenvalue weighted by atomic mass is 35.5. The van der Waals surface area contributed by atoms with Crippen LogP contribution in [0.5, 0.6) is 0 Å². The molecule has 1 rings (SSSR count). The van der Waals surface area contributed by atoms with Crippen molar-refractivity contribution in [1.29, 1.82) is 0 Å². The number of halogens is 1. The van der Waals surface area contributed by atoms with E-state index in [1.165, 1.54) is 5.56 Å². The highest BCUT2D eigenvalue weighted by Gasteiger charge is 2.08. The molecule has 2 N–H and O–H groups in total. The Kier molecular flexibility index (Phi) is 7.33. The Balaban J connectivity index is 2.38. The second-order valence-corrected chi connectivity index (χ2v) is 5.34. The van der Waals surface area contributed by atoms with Crippen LogP contribution < -0.4 is 5.32 Å². The summed E-state index contributed by atoms with van der Waals surface area (Å²) in [6.07, 6.45) is 3.21. The van der Waals surface area contributed by atoms with Crippen molar-refractivity contribution in [2.45, 2.75) is 39.2 Å². The van der Waals surface area contributed by atoms with E-state index in [4.69, 9.17) is 16.7 Å². The molecule has 0 amide bonds. The van der Waals surface area contributed by atoms with Gasteiger partial charge in [0.15, 0.2) is 0 Å². The first-order valence-corrected chi connectivity index (χ1v) is 7.14. The molecule has 0 saturated heterocycles.